The lowest BCUT2D eigenvalue weighted by Crippen LogP contribution is -2.58. The number of rotatable bonds is 1. The molecule has 0 nitrogen and oxygen atoms in total. The standard InChI is InChI=1S/C12H20/c1-4-9-5-12(9)6-10-7(2)8(3)11(10)12/h7-11H,4-6H2,1-3H3. The monoisotopic (exact) mass is 164 g/mol. The molecule has 0 aliphatic heterocycles. The van der Waals surface area contributed by atoms with Crippen molar-refractivity contribution in [3.8, 4) is 0 Å². The Hall–Kier alpha value is 0. The van der Waals surface area contributed by atoms with Gasteiger partial charge in [0.25, 0.3) is 0 Å². The Morgan fingerprint density at radius 1 is 1.17 bits per heavy atom. The van der Waals surface area contributed by atoms with Crippen LogP contribution in [0.3, 0.4) is 0 Å². The first-order valence-electron chi connectivity index (χ1n) is 5.70. The highest BCUT2D eigenvalue weighted by Gasteiger charge is 2.73. The van der Waals surface area contributed by atoms with Crippen LogP contribution in [-0.4, -0.2) is 0 Å². The van der Waals surface area contributed by atoms with Crippen molar-refractivity contribution >= 4 is 0 Å². The second-order valence-electron chi connectivity index (χ2n) is 5.65. The molecule has 0 N–H and O–H groups in total. The highest BCUT2D eigenvalue weighted by molar-refractivity contribution is 5.21. The van der Waals surface area contributed by atoms with E-state index < -0.39 is 0 Å². The van der Waals surface area contributed by atoms with Crippen molar-refractivity contribution in [3.05, 3.63) is 0 Å². The zero-order chi connectivity index (χ0) is 8.51. The minimum atomic E-state index is 0.908. The van der Waals surface area contributed by atoms with Crippen molar-refractivity contribution in [3.63, 3.8) is 0 Å². The molecule has 3 aliphatic rings. The van der Waals surface area contributed by atoms with E-state index in [4.69, 9.17) is 0 Å². The first kappa shape index (κ1) is 7.41. The lowest BCUT2D eigenvalue weighted by Gasteiger charge is -2.64. The maximum absolute atomic E-state index is 2.48. The summed E-state index contributed by atoms with van der Waals surface area (Å²) in [5, 5.41) is 0. The van der Waals surface area contributed by atoms with Gasteiger partial charge in [0.2, 0.25) is 0 Å². The fraction of sp³-hybridized carbons (Fsp3) is 1.00. The summed E-state index contributed by atoms with van der Waals surface area (Å²) in [5.41, 5.74) is 0.908. The summed E-state index contributed by atoms with van der Waals surface area (Å²) in [7, 11) is 0. The van der Waals surface area contributed by atoms with Crippen molar-refractivity contribution < 1.29 is 0 Å². The predicted octanol–water partition coefficient (Wildman–Crippen LogP) is 3.32. The molecule has 0 aromatic heterocycles. The van der Waals surface area contributed by atoms with Crippen LogP contribution in [0.4, 0.5) is 0 Å². The molecule has 0 saturated heterocycles. The normalized spacial score (nSPS) is 66.8. The summed E-state index contributed by atoms with van der Waals surface area (Å²) < 4.78 is 0. The predicted molar refractivity (Wildman–Crippen MR) is 50.8 cm³/mol. The molecule has 3 aliphatic carbocycles. The van der Waals surface area contributed by atoms with E-state index in [0.717, 1.165) is 35.0 Å². The molecule has 3 saturated carbocycles. The third kappa shape index (κ3) is 0.561. The summed E-state index contributed by atoms with van der Waals surface area (Å²) in [5.74, 6) is 5.56. The van der Waals surface area contributed by atoms with Crippen molar-refractivity contribution in [2.24, 2.45) is 35.0 Å². The third-order valence-corrected chi connectivity index (χ3v) is 5.58. The van der Waals surface area contributed by atoms with Gasteiger partial charge in [0.1, 0.15) is 0 Å². The van der Waals surface area contributed by atoms with E-state index in [9.17, 15) is 0 Å². The summed E-state index contributed by atoms with van der Waals surface area (Å²) in [4.78, 5) is 0. The molecule has 0 radical (unpaired) electrons. The fourth-order valence-corrected chi connectivity index (χ4v) is 4.57. The second-order valence-corrected chi connectivity index (χ2v) is 5.65. The van der Waals surface area contributed by atoms with Gasteiger partial charge in [-0.15, -0.1) is 0 Å². The highest BCUT2D eigenvalue weighted by Crippen LogP contribution is 2.80. The smallest absolute Gasteiger partial charge is 0.0230 e. The van der Waals surface area contributed by atoms with E-state index in [1.54, 1.807) is 12.8 Å². The first-order chi connectivity index (χ1) is 5.70. The summed E-state index contributed by atoms with van der Waals surface area (Å²) in [6.45, 7) is 7.32. The molecule has 6 atom stereocenters. The van der Waals surface area contributed by atoms with Crippen molar-refractivity contribution in [2.75, 3.05) is 0 Å². The van der Waals surface area contributed by atoms with E-state index >= 15 is 0 Å². The third-order valence-electron chi connectivity index (χ3n) is 5.58. The SMILES string of the molecule is CCC1CC12CC1C(C)C(C)C12. The van der Waals surface area contributed by atoms with Crippen LogP contribution >= 0.6 is 0 Å². The van der Waals surface area contributed by atoms with Crippen molar-refractivity contribution in [1.82, 2.24) is 0 Å². The first-order valence-corrected chi connectivity index (χ1v) is 5.70. The van der Waals surface area contributed by atoms with Gasteiger partial charge in [-0.2, -0.15) is 0 Å². The number of hydrogen-bond donors (Lipinski definition) is 0. The van der Waals surface area contributed by atoms with Gasteiger partial charge in [0, 0.05) is 0 Å². The molecule has 68 valence electrons. The Bertz CT molecular complexity index is 214. The molecule has 3 fully saturated rings. The van der Waals surface area contributed by atoms with Gasteiger partial charge in [-0.25, -0.2) is 0 Å². The zero-order valence-corrected chi connectivity index (χ0v) is 8.51. The summed E-state index contributed by atoms with van der Waals surface area (Å²) in [6.07, 6.45) is 4.63. The molecule has 0 bridgehead atoms. The van der Waals surface area contributed by atoms with Gasteiger partial charge in [-0.1, -0.05) is 27.2 Å². The Morgan fingerprint density at radius 2 is 1.92 bits per heavy atom. The van der Waals surface area contributed by atoms with Crippen molar-refractivity contribution in [2.45, 2.75) is 40.0 Å². The fourth-order valence-electron chi connectivity index (χ4n) is 4.57. The molecular weight excluding hydrogens is 144 g/mol. The van der Waals surface area contributed by atoms with Gasteiger partial charge in [0.15, 0.2) is 0 Å². The highest BCUT2D eigenvalue weighted by atomic mass is 14.8. The van der Waals surface area contributed by atoms with E-state index in [-0.39, 0.29) is 0 Å². The lowest BCUT2D eigenvalue weighted by atomic mass is 9.41. The van der Waals surface area contributed by atoms with Crippen molar-refractivity contribution in [1.29, 1.82) is 0 Å². The van der Waals surface area contributed by atoms with Gasteiger partial charge < -0.3 is 0 Å². The Balaban J connectivity index is 1.74. The molecule has 0 aromatic carbocycles. The second kappa shape index (κ2) is 1.91. The average Bonchev–Trinajstić information content (AvgIpc) is 2.76. The minimum Gasteiger partial charge on any atom is -0.0651 e. The van der Waals surface area contributed by atoms with E-state index in [1.165, 1.54) is 6.42 Å². The molecule has 1 spiro atoms. The summed E-state index contributed by atoms with van der Waals surface area (Å²) >= 11 is 0. The number of hydrogen-bond acceptors (Lipinski definition) is 0. The molecule has 3 rings (SSSR count). The van der Waals surface area contributed by atoms with Gasteiger partial charge in [0.05, 0.1) is 0 Å². The molecule has 0 heteroatoms. The number of fused-ring (bicyclic) bond motifs is 2. The Labute approximate surface area is 75.7 Å². The van der Waals surface area contributed by atoms with E-state index in [0.29, 0.717) is 0 Å². The van der Waals surface area contributed by atoms with Crippen LogP contribution in [0, 0.1) is 35.0 Å². The van der Waals surface area contributed by atoms with Crippen LogP contribution in [0.2, 0.25) is 0 Å². The van der Waals surface area contributed by atoms with E-state index in [1.807, 2.05) is 0 Å². The molecule has 12 heavy (non-hydrogen) atoms. The minimum absolute atomic E-state index is 0.908. The molecule has 0 aromatic rings. The van der Waals surface area contributed by atoms with Crippen LogP contribution in [-0.2, 0) is 0 Å². The van der Waals surface area contributed by atoms with Gasteiger partial charge in [-0.05, 0) is 47.8 Å². The zero-order valence-electron chi connectivity index (χ0n) is 8.51. The lowest BCUT2D eigenvalue weighted by molar-refractivity contribution is -0.159. The molecule has 0 amide bonds. The van der Waals surface area contributed by atoms with Gasteiger partial charge in [-0.3, -0.25) is 0 Å². The van der Waals surface area contributed by atoms with Crippen LogP contribution < -0.4 is 0 Å². The summed E-state index contributed by atoms with van der Waals surface area (Å²) in [6, 6.07) is 0. The topological polar surface area (TPSA) is 0 Å². The molecule has 0 heterocycles. The molecular formula is C12H20. The maximum atomic E-state index is 2.48. The largest absolute Gasteiger partial charge is 0.0651 e. The van der Waals surface area contributed by atoms with Crippen LogP contribution in [0.1, 0.15) is 40.0 Å². The Morgan fingerprint density at radius 3 is 2.42 bits per heavy atom. The quantitative estimate of drug-likeness (QED) is 0.557. The maximum Gasteiger partial charge on any atom is -0.0230 e. The van der Waals surface area contributed by atoms with Crippen LogP contribution in [0.5, 0.6) is 0 Å². The van der Waals surface area contributed by atoms with E-state index in [2.05, 4.69) is 20.8 Å². The van der Waals surface area contributed by atoms with Gasteiger partial charge >= 0.3 is 0 Å². The van der Waals surface area contributed by atoms with Crippen LogP contribution in [0.25, 0.3) is 0 Å². The molecule has 6 unspecified atom stereocenters. The Kier molecular flexibility index (Phi) is 1.18. The average molecular weight is 164 g/mol. The van der Waals surface area contributed by atoms with Crippen LogP contribution in [0.15, 0.2) is 0 Å².